The Morgan fingerprint density at radius 2 is 2.10 bits per heavy atom. The van der Waals surface area contributed by atoms with Gasteiger partial charge in [0.2, 0.25) is 0 Å². The predicted octanol–water partition coefficient (Wildman–Crippen LogP) is 2.66. The van der Waals surface area contributed by atoms with Crippen molar-refractivity contribution in [3.8, 4) is 0 Å². The Labute approximate surface area is 123 Å². The summed E-state index contributed by atoms with van der Waals surface area (Å²) in [6.45, 7) is 3.79. The van der Waals surface area contributed by atoms with Crippen molar-refractivity contribution in [1.29, 1.82) is 0 Å². The number of hydrogen-bond acceptors (Lipinski definition) is 5. The van der Waals surface area contributed by atoms with Crippen LogP contribution in [0.3, 0.4) is 0 Å². The van der Waals surface area contributed by atoms with E-state index < -0.39 is 4.92 Å². The smallest absolute Gasteiger partial charge is 0.280 e. The molecule has 1 aliphatic heterocycles. The first-order valence-corrected chi connectivity index (χ1v) is 7.07. The first-order chi connectivity index (χ1) is 9.99. The molecule has 6 heteroatoms. The average Bonchev–Trinajstić information content (AvgIpc) is 2.47. The predicted molar refractivity (Wildman–Crippen MR) is 79.9 cm³/mol. The number of nitro groups is 1. The summed E-state index contributed by atoms with van der Waals surface area (Å²) in [4.78, 5) is 24.1. The van der Waals surface area contributed by atoms with Gasteiger partial charge in [0.25, 0.3) is 5.69 Å². The molecule has 1 fully saturated rings. The molecule has 0 radical (unpaired) electrons. The minimum Gasteiger partial charge on any atom is -0.381 e. The van der Waals surface area contributed by atoms with Crippen LogP contribution in [0.5, 0.6) is 0 Å². The van der Waals surface area contributed by atoms with Crippen LogP contribution in [0, 0.1) is 16.0 Å². The molecule has 0 saturated carbocycles. The number of nitro benzene ring substituents is 1. The molecule has 114 valence electrons. The highest BCUT2D eigenvalue weighted by molar-refractivity contribution is 5.99. The summed E-state index contributed by atoms with van der Waals surface area (Å²) in [6, 6.07) is 4.72. The number of hydrogen-bond donors (Lipinski definition) is 0. The highest BCUT2D eigenvalue weighted by Crippen LogP contribution is 2.26. The number of benzene rings is 1. The molecule has 1 heterocycles. The quantitative estimate of drug-likeness (QED) is 0.474. The van der Waals surface area contributed by atoms with Crippen LogP contribution in [0.15, 0.2) is 18.2 Å². The monoisotopic (exact) mass is 292 g/mol. The lowest BCUT2D eigenvalue weighted by atomic mass is 9.99. The zero-order valence-electron chi connectivity index (χ0n) is 12.4. The summed E-state index contributed by atoms with van der Waals surface area (Å²) in [5.74, 6) is 0.266. The largest absolute Gasteiger partial charge is 0.381 e. The third kappa shape index (κ3) is 3.78. The number of ketones is 1. The molecular weight excluding hydrogens is 272 g/mol. The fraction of sp³-hybridized carbons (Fsp3) is 0.533. The molecule has 0 spiro atoms. The van der Waals surface area contributed by atoms with Gasteiger partial charge < -0.3 is 9.64 Å². The van der Waals surface area contributed by atoms with E-state index in [1.807, 2.05) is 11.9 Å². The molecule has 6 nitrogen and oxygen atoms in total. The van der Waals surface area contributed by atoms with Crippen LogP contribution in [0.1, 0.15) is 30.1 Å². The van der Waals surface area contributed by atoms with Crippen molar-refractivity contribution in [2.45, 2.75) is 19.8 Å². The Bertz CT molecular complexity index is 538. The molecule has 0 N–H and O–H groups in total. The van der Waals surface area contributed by atoms with Gasteiger partial charge in [0.15, 0.2) is 5.78 Å². The first kappa shape index (κ1) is 15.4. The zero-order chi connectivity index (χ0) is 15.4. The Morgan fingerprint density at radius 1 is 1.43 bits per heavy atom. The minimum absolute atomic E-state index is 0.134. The molecular formula is C15H20N2O4. The van der Waals surface area contributed by atoms with Crippen LogP contribution < -0.4 is 4.90 Å². The average molecular weight is 292 g/mol. The molecule has 0 aromatic heterocycles. The van der Waals surface area contributed by atoms with Crippen LogP contribution in [0.4, 0.5) is 11.4 Å². The molecule has 0 atom stereocenters. The maximum absolute atomic E-state index is 11.6. The minimum atomic E-state index is -0.515. The number of carbonyl (C=O) groups excluding carboxylic acids is 1. The topological polar surface area (TPSA) is 72.7 Å². The van der Waals surface area contributed by atoms with Crippen molar-refractivity contribution in [2.24, 2.45) is 5.92 Å². The SMILES string of the molecule is CC(=O)c1cc(N(C)CC2CCOCC2)ccc1[N+](=O)[O-]. The number of anilines is 1. The molecule has 0 amide bonds. The summed E-state index contributed by atoms with van der Waals surface area (Å²) in [5.41, 5.74) is 0.860. The second-order valence-electron chi connectivity index (χ2n) is 5.45. The first-order valence-electron chi connectivity index (χ1n) is 7.07. The molecule has 2 rings (SSSR count). The van der Waals surface area contributed by atoms with Gasteiger partial charge in [-0.1, -0.05) is 0 Å². The normalized spacial score (nSPS) is 15.7. The van der Waals surface area contributed by atoms with E-state index in [4.69, 9.17) is 4.74 Å². The highest BCUT2D eigenvalue weighted by atomic mass is 16.6. The van der Waals surface area contributed by atoms with Crippen LogP contribution in [0.25, 0.3) is 0 Å². The van der Waals surface area contributed by atoms with Gasteiger partial charge in [-0.3, -0.25) is 14.9 Å². The summed E-state index contributed by atoms with van der Waals surface area (Å²) in [5, 5.41) is 11.0. The Balaban J connectivity index is 2.17. The lowest BCUT2D eigenvalue weighted by Crippen LogP contribution is -2.29. The summed E-state index contributed by atoms with van der Waals surface area (Å²) >= 11 is 0. The van der Waals surface area contributed by atoms with Crippen LogP contribution in [-0.4, -0.2) is 37.5 Å². The van der Waals surface area contributed by atoms with Crippen LogP contribution in [0.2, 0.25) is 0 Å². The maximum atomic E-state index is 11.6. The fourth-order valence-electron chi connectivity index (χ4n) is 2.62. The van der Waals surface area contributed by atoms with Crippen molar-refractivity contribution in [2.75, 3.05) is 31.7 Å². The van der Waals surface area contributed by atoms with Crippen LogP contribution in [-0.2, 0) is 4.74 Å². The van der Waals surface area contributed by atoms with Crippen LogP contribution >= 0.6 is 0 Å². The van der Waals surface area contributed by atoms with Crippen molar-refractivity contribution < 1.29 is 14.5 Å². The van der Waals surface area contributed by atoms with Gasteiger partial charge in [-0.15, -0.1) is 0 Å². The van der Waals surface area contributed by atoms with E-state index in [2.05, 4.69) is 0 Å². The molecule has 1 saturated heterocycles. The lowest BCUT2D eigenvalue weighted by Gasteiger charge is -2.28. The third-order valence-electron chi connectivity index (χ3n) is 3.87. The van der Waals surface area contributed by atoms with Gasteiger partial charge in [0.05, 0.1) is 10.5 Å². The van der Waals surface area contributed by atoms with Gasteiger partial charge in [0.1, 0.15) is 0 Å². The van der Waals surface area contributed by atoms with E-state index in [0.29, 0.717) is 5.92 Å². The molecule has 0 unspecified atom stereocenters. The van der Waals surface area contributed by atoms with Gasteiger partial charge >= 0.3 is 0 Å². The van der Waals surface area contributed by atoms with Gasteiger partial charge in [-0.25, -0.2) is 0 Å². The molecule has 21 heavy (non-hydrogen) atoms. The number of rotatable bonds is 5. The molecule has 0 aliphatic carbocycles. The second-order valence-corrected chi connectivity index (χ2v) is 5.45. The number of Topliss-reactive ketones (excluding diaryl/α,β-unsaturated/α-hetero) is 1. The van der Waals surface area contributed by atoms with E-state index >= 15 is 0 Å². The Hall–Kier alpha value is -1.95. The van der Waals surface area contributed by atoms with Gasteiger partial charge in [-0.2, -0.15) is 0 Å². The van der Waals surface area contributed by atoms with E-state index in [-0.39, 0.29) is 17.0 Å². The summed E-state index contributed by atoms with van der Waals surface area (Å²) in [7, 11) is 1.94. The van der Waals surface area contributed by atoms with Crippen molar-refractivity contribution in [3.05, 3.63) is 33.9 Å². The van der Waals surface area contributed by atoms with E-state index in [1.165, 1.54) is 13.0 Å². The lowest BCUT2D eigenvalue weighted by molar-refractivity contribution is -0.385. The van der Waals surface area contributed by atoms with E-state index in [9.17, 15) is 14.9 Å². The number of carbonyl (C=O) groups is 1. The molecule has 1 aliphatic rings. The maximum Gasteiger partial charge on any atom is 0.280 e. The summed E-state index contributed by atoms with van der Waals surface area (Å²) in [6.07, 6.45) is 2.05. The molecule has 0 bridgehead atoms. The van der Waals surface area contributed by atoms with Crippen molar-refractivity contribution >= 4 is 17.2 Å². The Kier molecular flexibility index (Phi) is 4.90. The zero-order valence-corrected chi connectivity index (χ0v) is 12.4. The highest BCUT2D eigenvalue weighted by Gasteiger charge is 2.20. The number of nitrogens with zero attached hydrogens (tertiary/aromatic N) is 2. The van der Waals surface area contributed by atoms with Gasteiger partial charge in [-0.05, 0) is 37.8 Å². The number of ether oxygens (including phenoxy) is 1. The van der Waals surface area contributed by atoms with Crippen molar-refractivity contribution in [1.82, 2.24) is 0 Å². The standard InChI is InChI=1S/C15H20N2O4/c1-11(18)14-9-13(3-4-15(14)17(19)20)16(2)10-12-5-7-21-8-6-12/h3-4,9,12H,5-8,10H2,1-2H3. The molecule has 1 aromatic rings. The second kappa shape index (κ2) is 6.67. The third-order valence-corrected chi connectivity index (χ3v) is 3.87. The van der Waals surface area contributed by atoms with Gasteiger partial charge in [0, 0.05) is 38.6 Å². The van der Waals surface area contributed by atoms with E-state index in [1.54, 1.807) is 12.1 Å². The van der Waals surface area contributed by atoms with Crippen molar-refractivity contribution in [3.63, 3.8) is 0 Å². The summed E-state index contributed by atoms with van der Waals surface area (Å²) < 4.78 is 5.34. The van der Waals surface area contributed by atoms with E-state index in [0.717, 1.165) is 38.3 Å². The fourth-order valence-corrected chi connectivity index (χ4v) is 2.62. The Morgan fingerprint density at radius 3 is 2.67 bits per heavy atom. The molecule has 1 aromatic carbocycles.